The molecule has 0 aromatic rings. The Bertz CT molecular complexity index is 638. The fourth-order valence-corrected chi connectivity index (χ4v) is 6.12. The lowest BCUT2D eigenvalue weighted by Crippen LogP contribution is -2.39. The van der Waals surface area contributed by atoms with Crippen molar-refractivity contribution < 1.29 is 14.3 Å². The minimum atomic E-state index is -0.122. The first kappa shape index (κ1) is 38.0. The molecule has 1 aliphatic heterocycles. The summed E-state index contributed by atoms with van der Waals surface area (Å²) in [6, 6.07) is 0. The number of rotatable bonds is 14. The molecule has 0 aliphatic carbocycles. The average molecular weight is 527 g/mol. The Balaban J connectivity index is 0. The lowest BCUT2D eigenvalue weighted by molar-refractivity contribution is -0.133. The zero-order chi connectivity index (χ0) is 29.5. The summed E-state index contributed by atoms with van der Waals surface area (Å²) in [7, 11) is 1.72. The molecule has 0 radical (unpaired) electrons. The highest BCUT2D eigenvalue weighted by atomic mass is 16.5. The first-order chi connectivity index (χ1) is 17.0. The van der Waals surface area contributed by atoms with E-state index >= 15 is 0 Å². The second-order valence-corrected chi connectivity index (χ2v) is 13.7. The summed E-state index contributed by atoms with van der Waals surface area (Å²) in [6.07, 6.45) is 7.54. The zero-order valence-electron chi connectivity index (χ0n) is 27.5. The molecule has 222 valence electrons. The zero-order valence-corrected chi connectivity index (χ0v) is 27.5. The molecule has 0 aromatic heterocycles. The Morgan fingerprint density at radius 3 is 1.84 bits per heavy atom. The highest BCUT2D eigenvalue weighted by molar-refractivity contribution is 5.77. The summed E-state index contributed by atoms with van der Waals surface area (Å²) in [6.45, 7) is 30.3. The Hall–Kier alpha value is -1.10. The number of ether oxygens (including phenoxy) is 1. The fourth-order valence-electron chi connectivity index (χ4n) is 6.12. The minimum absolute atomic E-state index is 0.0713. The van der Waals surface area contributed by atoms with Gasteiger partial charge in [-0.15, -0.1) is 0 Å². The summed E-state index contributed by atoms with van der Waals surface area (Å²) >= 11 is 0. The van der Waals surface area contributed by atoms with E-state index in [1.54, 1.807) is 7.11 Å². The smallest absolute Gasteiger partial charge is 0.223 e. The highest BCUT2D eigenvalue weighted by Gasteiger charge is 2.34. The van der Waals surface area contributed by atoms with Gasteiger partial charge in [0, 0.05) is 39.6 Å². The van der Waals surface area contributed by atoms with Gasteiger partial charge in [-0.3, -0.25) is 9.59 Å². The minimum Gasteiger partial charge on any atom is -0.380 e. The third-order valence-corrected chi connectivity index (χ3v) is 7.09. The van der Waals surface area contributed by atoms with Gasteiger partial charge in [-0.1, -0.05) is 96.4 Å². The third kappa shape index (κ3) is 17.2. The molecule has 0 bridgehead atoms. The molecule has 1 saturated heterocycles. The first-order valence-corrected chi connectivity index (χ1v) is 15.1. The van der Waals surface area contributed by atoms with Crippen molar-refractivity contribution in [2.75, 3.05) is 26.7 Å². The van der Waals surface area contributed by atoms with Gasteiger partial charge in [0.2, 0.25) is 11.8 Å². The number of hydrogen-bond acceptors (Lipinski definition) is 3. The Morgan fingerprint density at radius 2 is 1.35 bits per heavy atom. The molecule has 5 nitrogen and oxygen atoms in total. The van der Waals surface area contributed by atoms with Crippen LogP contribution in [-0.4, -0.2) is 49.6 Å². The van der Waals surface area contributed by atoms with Crippen molar-refractivity contribution in [2.24, 2.45) is 21.7 Å². The molecule has 1 rings (SSSR count). The monoisotopic (exact) mass is 527 g/mol. The Kier molecular flexibility index (Phi) is 18.0. The molecule has 0 aromatic carbocycles. The predicted molar refractivity (Wildman–Crippen MR) is 161 cm³/mol. The van der Waals surface area contributed by atoms with Gasteiger partial charge in [0.1, 0.15) is 0 Å². The standard InChI is InChI=1S/C28H54N2O3.2C2H6/c1-11-14-25(2,3)19-26(4,5)15-12-23(31)29-21-28(8,9)20-27(6,7)17-24(32)30-16-13-22(18-30)33-10;2*1-2/h22H,11-21H2,1-10H3,(H,29,31);2*1-2H3. The van der Waals surface area contributed by atoms with Gasteiger partial charge in [-0.25, -0.2) is 0 Å². The highest BCUT2D eigenvalue weighted by Crippen LogP contribution is 2.40. The van der Waals surface area contributed by atoms with E-state index in [1.165, 1.54) is 12.8 Å². The number of carbonyl (C=O) groups excluding carboxylic acids is 2. The molecule has 37 heavy (non-hydrogen) atoms. The molecule has 1 unspecified atom stereocenters. The summed E-state index contributed by atoms with van der Waals surface area (Å²) in [5, 5.41) is 3.18. The maximum atomic E-state index is 12.8. The van der Waals surface area contributed by atoms with Crippen molar-refractivity contribution in [1.82, 2.24) is 10.2 Å². The van der Waals surface area contributed by atoms with Crippen LogP contribution in [0.15, 0.2) is 0 Å². The van der Waals surface area contributed by atoms with E-state index in [9.17, 15) is 9.59 Å². The molecule has 0 saturated carbocycles. The molecular weight excluding hydrogens is 460 g/mol. The third-order valence-electron chi connectivity index (χ3n) is 7.09. The number of nitrogens with zero attached hydrogens (tertiary/aromatic N) is 1. The number of hydrogen-bond donors (Lipinski definition) is 1. The maximum absolute atomic E-state index is 12.8. The Morgan fingerprint density at radius 1 is 0.838 bits per heavy atom. The lowest BCUT2D eigenvalue weighted by Gasteiger charge is -2.36. The van der Waals surface area contributed by atoms with Gasteiger partial charge >= 0.3 is 0 Å². The van der Waals surface area contributed by atoms with Crippen LogP contribution in [0.4, 0.5) is 0 Å². The molecule has 1 atom stereocenters. The SMILES string of the molecule is CC.CC.CCCC(C)(C)CC(C)(C)CCC(=O)NCC(C)(C)CC(C)(C)CC(=O)N1CCC(OC)C1. The topological polar surface area (TPSA) is 58.6 Å². The van der Waals surface area contributed by atoms with Crippen LogP contribution in [0.3, 0.4) is 0 Å². The van der Waals surface area contributed by atoms with Gasteiger partial charge in [0.25, 0.3) is 0 Å². The van der Waals surface area contributed by atoms with Crippen LogP contribution in [0.5, 0.6) is 0 Å². The number of nitrogens with one attached hydrogen (secondary N) is 1. The van der Waals surface area contributed by atoms with Crippen molar-refractivity contribution in [1.29, 1.82) is 0 Å². The van der Waals surface area contributed by atoms with Gasteiger partial charge in [0.05, 0.1) is 6.10 Å². The number of amides is 2. The summed E-state index contributed by atoms with van der Waals surface area (Å²) in [4.78, 5) is 27.4. The molecule has 1 heterocycles. The number of carbonyl (C=O) groups is 2. The molecule has 0 spiro atoms. The number of likely N-dealkylation sites (tertiary alicyclic amines) is 1. The van der Waals surface area contributed by atoms with Gasteiger partial charge in [-0.2, -0.15) is 0 Å². The van der Waals surface area contributed by atoms with E-state index in [0.717, 1.165) is 32.2 Å². The number of methoxy groups -OCH3 is 1. The van der Waals surface area contributed by atoms with Crippen LogP contribution in [0.1, 0.15) is 141 Å². The van der Waals surface area contributed by atoms with Crippen LogP contribution in [0.2, 0.25) is 0 Å². The largest absolute Gasteiger partial charge is 0.380 e. The fraction of sp³-hybridized carbons (Fsp3) is 0.938. The van der Waals surface area contributed by atoms with Crippen LogP contribution >= 0.6 is 0 Å². The normalized spacial score (nSPS) is 16.4. The molecule has 5 heteroatoms. The molecule has 1 fully saturated rings. The van der Waals surface area contributed by atoms with Crippen molar-refractivity contribution in [3.63, 3.8) is 0 Å². The van der Waals surface area contributed by atoms with Gasteiger partial charge in [0.15, 0.2) is 0 Å². The molecule has 2 amide bonds. The van der Waals surface area contributed by atoms with Crippen molar-refractivity contribution in [2.45, 2.75) is 147 Å². The quantitative estimate of drug-likeness (QED) is 0.248. The van der Waals surface area contributed by atoms with Crippen LogP contribution in [0, 0.1) is 21.7 Å². The van der Waals surface area contributed by atoms with E-state index in [2.05, 4.69) is 67.6 Å². The second-order valence-electron chi connectivity index (χ2n) is 13.7. The van der Waals surface area contributed by atoms with E-state index in [0.29, 0.717) is 31.3 Å². The first-order valence-electron chi connectivity index (χ1n) is 15.1. The molecule has 1 N–H and O–H groups in total. The average Bonchev–Trinajstić information content (AvgIpc) is 3.27. The Labute approximate surface area is 232 Å². The van der Waals surface area contributed by atoms with Crippen LogP contribution in [0.25, 0.3) is 0 Å². The summed E-state index contributed by atoms with van der Waals surface area (Å²) < 4.78 is 5.40. The van der Waals surface area contributed by atoms with Gasteiger partial charge < -0.3 is 15.0 Å². The molecule has 1 aliphatic rings. The van der Waals surface area contributed by atoms with Crippen molar-refractivity contribution in [3.8, 4) is 0 Å². The maximum Gasteiger partial charge on any atom is 0.223 e. The second kappa shape index (κ2) is 17.5. The molecular formula is C32H66N2O3. The van der Waals surface area contributed by atoms with E-state index < -0.39 is 0 Å². The van der Waals surface area contributed by atoms with Crippen molar-refractivity contribution in [3.05, 3.63) is 0 Å². The van der Waals surface area contributed by atoms with E-state index in [1.807, 2.05) is 32.6 Å². The van der Waals surface area contributed by atoms with Crippen molar-refractivity contribution >= 4 is 11.8 Å². The van der Waals surface area contributed by atoms with Gasteiger partial charge in [-0.05, 0) is 53.8 Å². The predicted octanol–water partition coefficient (Wildman–Crippen LogP) is 8.26. The summed E-state index contributed by atoms with van der Waals surface area (Å²) in [5.41, 5.74) is 0.284. The van der Waals surface area contributed by atoms with E-state index in [-0.39, 0.29) is 34.2 Å². The van der Waals surface area contributed by atoms with Crippen LogP contribution in [-0.2, 0) is 14.3 Å². The van der Waals surface area contributed by atoms with E-state index in [4.69, 9.17) is 4.74 Å². The lowest BCUT2D eigenvalue weighted by atomic mass is 9.71. The summed E-state index contributed by atoms with van der Waals surface area (Å²) in [5.74, 6) is 0.355. The van der Waals surface area contributed by atoms with Crippen LogP contribution < -0.4 is 5.32 Å².